The van der Waals surface area contributed by atoms with Gasteiger partial charge >= 0.3 is 0 Å². The van der Waals surface area contributed by atoms with Crippen molar-refractivity contribution >= 4 is 11.8 Å². The number of benzene rings is 1. The van der Waals surface area contributed by atoms with Gasteiger partial charge in [-0.05, 0) is 38.1 Å². The minimum Gasteiger partial charge on any atom is -0.461 e. The molecule has 0 aliphatic rings. The Morgan fingerprint density at radius 1 is 1.15 bits per heavy atom. The van der Waals surface area contributed by atoms with Crippen LogP contribution in [0.5, 0.6) is 0 Å². The van der Waals surface area contributed by atoms with Crippen molar-refractivity contribution in [2.45, 2.75) is 31.3 Å². The monoisotopic (exact) mass is 385 g/mol. The van der Waals surface area contributed by atoms with Gasteiger partial charge in [-0.2, -0.15) is 0 Å². The van der Waals surface area contributed by atoms with Gasteiger partial charge < -0.3 is 8.83 Å². The Morgan fingerprint density at radius 2 is 2.04 bits per heavy atom. The molecule has 0 bridgehead atoms. The molecule has 138 valence electrons. The third-order valence-corrected chi connectivity index (χ3v) is 4.87. The Morgan fingerprint density at radius 3 is 2.81 bits per heavy atom. The van der Waals surface area contributed by atoms with Crippen LogP contribution in [0.1, 0.15) is 18.4 Å². The molecule has 0 N–H and O–H groups in total. The lowest BCUT2D eigenvalue weighted by atomic mass is 10.1. The molecule has 9 heteroatoms. The molecule has 4 aromatic rings. The van der Waals surface area contributed by atoms with Gasteiger partial charge in [0.2, 0.25) is 5.89 Å². The molecule has 27 heavy (non-hydrogen) atoms. The molecule has 0 unspecified atom stereocenters. The summed E-state index contributed by atoms with van der Waals surface area (Å²) < 4.78 is 27.0. The van der Waals surface area contributed by atoms with Crippen molar-refractivity contribution in [1.82, 2.24) is 25.0 Å². The van der Waals surface area contributed by atoms with Crippen LogP contribution in [0.15, 0.2) is 50.6 Å². The van der Waals surface area contributed by atoms with Gasteiger partial charge in [0.15, 0.2) is 16.7 Å². The van der Waals surface area contributed by atoms with Gasteiger partial charge in [-0.1, -0.05) is 23.4 Å². The smallest absolute Gasteiger partial charge is 0.250 e. The highest BCUT2D eigenvalue weighted by molar-refractivity contribution is 7.98. The topological polar surface area (TPSA) is 82.8 Å². The van der Waals surface area contributed by atoms with Gasteiger partial charge in [-0.25, -0.2) is 4.39 Å². The average molecular weight is 385 g/mol. The van der Waals surface area contributed by atoms with Crippen LogP contribution in [-0.2, 0) is 12.3 Å². The van der Waals surface area contributed by atoms with Crippen molar-refractivity contribution in [3.63, 3.8) is 0 Å². The lowest BCUT2D eigenvalue weighted by Gasteiger charge is -2.04. The van der Waals surface area contributed by atoms with Crippen LogP contribution in [0.3, 0.4) is 0 Å². The summed E-state index contributed by atoms with van der Waals surface area (Å²) >= 11 is 1.42. The quantitative estimate of drug-likeness (QED) is 0.456. The SMILES string of the molecule is CCn1c(SCc2nnc(-c3cc(C)ccc3F)o2)nnc1-c1ccco1. The van der Waals surface area contributed by atoms with Crippen LogP contribution < -0.4 is 0 Å². The molecule has 3 aromatic heterocycles. The second-order valence-electron chi connectivity index (χ2n) is 5.80. The van der Waals surface area contributed by atoms with Crippen molar-refractivity contribution in [1.29, 1.82) is 0 Å². The maximum atomic E-state index is 14.0. The number of furan rings is 1. The Bertz CT molecular complexity index is 1060. The number of nitrogens with zero attached hydrogens (tertiary/aromatic N) is 5. The van der Waals surface area contributed by atoms with E-state index in [0.29, 0.717) is 40.5 Å². The van der Waals surface area contributed by atoms with E-state index in [2.05, 4.69) is 20.4 Å². The third-order valence-electron chi connectivity index (χ3n) is 3.92. The highest BCUT2D eigenvalue weighted by atomic mass is 32.2. The van der Waals surface area contributed by atoms with E-state index < -0.39 is 5.82 Å². The van der Waals surface area contributed by atoms with Crippen molar-refractivity contribution in [2.24, 2.45) is 0 Å². The first-order valence-electron chi connectivity index (χ1n) is 8.34. The first-order valence-corrected chi connectivity index (χ1v) is 9.33. The van der Waals surface area contributed by atoms with Crippen molar-refractivity contribution in [3.05, 3.63) is 53.9 Å². The van der Waals surface area contributed by atoms with Crippen molar-refractivity contribution in [3.8, 4) is 23.0 Å². The molecule has 0 aliphatic heterocycles. The molecule has 0 saturated carbocycles. The van der Waals surface area contributed by atoms with Crippen LogP contribution in [0.2, 0.25) is 0 Å². The van der Waals surface area contributed by atoms with Gasteiger partial charge in [-0.15, -0.1) is 20.4 Å². The van der Waals surface area contributed by atoms with E-state index in [-0.39, 0.29) is 5.89 Å². The number of aryl methyl sites for hydroxylation is 1. The van der Waals surface area contributed by atoms with Gasteiger partial charge in [-0.3, -0.25) is 4.57 Å². The Balaban J connectivity index is 1.52. The van der Waals surface area contributed by atoms with Crippen molar-refractivity contribution in [2.75, 3.05) is 0 Å². The fourth-order valence-corrected chi connectivity index (χ4v) is 3.46. The number of thioether (sulfide) groups is 1. The molecule has 4 rings (SSSR count). The second-order valence-corrected chi connectivity index (χ2v) is 6.74. The summed E-state index contributed by atoms with van der Waals surface area (Å²) in [6.45, 7) is 4.57. The normalized spacial score (nSPS) is 11.2. The molecule has 3 heterocycles. The van der Waals surface area contributed by atoms with Crippen LogP contribution >= 0.6 is 11.8 Å². The van der Waals surface area contributed by atoms with Crippen LogP contribution in [-0.4, -0.2) is 25.0 Å². The van der Waals surface area contributed by atoms with Gasteiger partial charge in [0.25, 0.3) is 5.89 Å². The molecule has 7 nitrogen and oxygen atoms in total. The predicted octanol–water partition coefficient (Wildman–Crippen LogP) is 4.35. The summed E-state index contributed by atoms with van der Waals surface area (Å²) in [6.07, 6.45) is 1.60. The zero-order valence-electron chi connectivity index (χ0n) is 14.7. The average Bonchev–Trinajstić information content (AvgIpc) is 3.41. The molecular formula is C18H16FN5O2S. The molecule has 0 fully saturated rings. The van der Waals surface area contributed by atoms with E-state index in [1.807, 2.05) is 24.5 Å². The summed E-state index contributed by atoms with van der Waals surface area (Å²) in [5.41, 5.74) is 1.22. The molecule has 0 aliphatic carbocycles. The molecule has 0 atom stereocenters. The summed E-state index contributed by atoms with van der Waals surface area (Å²) in [5.74, 6) is 1.89. The molecule has 0 spiro atoms. The number of rotatable bonds is 6. The maximum absolute atomic E-state index is 14.0. The van der Waals surface area contributed by atoms with E-state index in [4.69, 9.17) is 8.83 Å². The maximum Gasteiger partial charge on any atom is 0.250 e. The molecule has 0 saturated heterocycles. The highest BCUT2D eigenvalue weighted by Crippen LogP contribution is 2.28. The van der Waals surface area contributed by atoms with E-state index >= 15 is 0 Å². The molecule has 0 radical (unpaired) electrons. The van der Waals surface area contributed by atoms with Gasteiger partial charge in [0.05, 0.1) is 17.6 Å². The minimum atomic E-state index is -0.391. The first kappa shape index (κ1) is 17.5. The highest BCUT2D eigenvalue weighted by Gasteiger charge is 2.17. The molecular weight excluding hydrogens is 369 g/mol. The zero-order chi connectivity index (χ0) is 18.8. The Hall–Kier alpha value is -2.94. The first-order chi connectivity index (χ1) is 13.2. The molecule has 1 aromatic carbocycles. The standard InChI is InChI=1S/C18H16FN5O2S/c1-3-24-16(14-5-4-8-25-14)21-23-18(24)27-10-15-20-22-17(26-15)12-9-11(2)6-7-13(12)19/h4-9H,3,10H2,1-2H3. The Kier molecular flexibility index (Phi) is 4.76. The fourth-order valence-electron chi connectivity index (χ4n) is 2.62. The minimum absolute atomic E-state index is 0.167. The summed E-state index contributed by atoms with van der Waals surface area (Å²) in [5, 5.41) is 17.1. The van der Waals surface area contributed by atoms with Crippen LogP contribution in [0.25, 0.3) is 23.0 Å². The lowest BCUT2D eigenvalue weighted by Crippen LogP contribution is -1.99. The number of hydrogen-bond acceptors (Lipinski definition) is 7. The second kappa shape index (κ2) is 7.36. The van der Waals surface area contributed by atoms with Crippen LogP contribution in [0.4, 0.5) is 4.39 Å². The van der Waals surface area contributed by atoms with Crippen LogP contribution in [0, 0.1) is 12.7 Å². The van der Waals surface area contributed by atoms with Gasteiger partial charge in [0, 0.05) is 6.54 Å². The number of hydrogen-bond donors (Lipinski definition) is 0. The van der Waals surface area contributed by atoms with E-state index in [1.54, 1.807) is 24.5 Å². The molecule has 0 amide bonds. The zero-order valence-corrected chi connectivity index (χ0v) is 15.5. The van der Waals surface area contributed by atoms with E-state index in [0.717, 1.165) is 5.56 Å². The summed E-state index contributed by atoms with van der Waals surface area (Å²) in [7, 11) is 0. The largest absolute Gasteiger partial charge is 0.461 e. The third kappa shape index (κ3) is 3.50. The number of halogens is 1. The summed E-state index contributed by atoms with van der Waals surface area (Å²) in [6, 6.07) is 8.42. The van der Waals surface area contributed by atoms with Crippen molar-refractivity contribution < 1.29 is 13.2 Å². The summed E-state index contributed by atoms with van der Waals surface area (Å²) in [4.78, 5) is 0. The Labute approximate surface area is 158 Å². The predicted molar refractivity (Wildman–Crippen MR) is 97.4 cm³/mol. The fraction of sp³-hybridized carbons (Fsp3) is 0.222. The van der Waals surface area contributed by atoms with E-state index in [1.165, 1.54) is 17.8 Å². The van der Waals surface area contributed by atoms with Gasteiger partial charge in [0.1, 0.15) is 5.82 Å². The lowest BCUT2D eigenvalue weighted by molar-refractivity contribution is 0.522. The van der Waals surface area contributed by atoms with E-state index in [9.17, 15) is 4.39 Å². The number of aromatic nitrogens is 5.